The molecule has 0 unspecified atom stereocenters. The number of nitrogens with one attached hydrogen (secondary N) is 1. The summed E-state index contributed by atoms with van der Waals surface area (Å²) >= 11 is 0. The molecular weight excluding hydrogens is 396 g/mol. The maximum absolute atomic E-state index is 12.5. The molecule has 0 saturated carbocycles. The summed E-state index contributed by atoms with van der Waals surface area (Å²) in [6, 6.07) is 8.34. The molecule has 4 rings (SSSR count). The number of nitrogens with zero attached hydrogens (tertiary/aromatic N) is 3. The van der Waals surface area contributed by atoms with Crippen molar-refractivity contribution in [2.75, 3.05) is 6.54 Å². The minimum absolute atomic E-state index is 0.118. The first-order valence-electron chi connectivity index (χ1n) is 11.8. The number of fused-ring (bicyclic) bond motifs is 1. The van der Waals surface area contributed by atoms with Crippen molar-refractivity contribution in [1.29, 1.82) is 0 Å². The van der Waals surface area contributed by atoms with Gasteiger partial charge in [0, 0.05) is 24.0 Å². The molecule has 0 fully saturated rings. The molecule has 5 nitrogen and oxygen atoms in total. The number of aromatic nitrogens is 3. The Kier molecular flexibility index (Phi) is 6.73. The van der Waals surface area contributed by atoms with Gasteiger partial charge in [-0.05, 0) is 89.5 Å². The lowest BCUT2D eigenvalue weighted by Crippen LogP contribution is -2.25. The van der Waals surface area contributed by atoms with Gasteiger partial charge in [-0.2, -0.15) is 5.10 Å². The van der Waals surface area contributed by atoms with Gasteiger partial charge in [0.05, 0.1) is 11.4 Å². The Morgan fingerprint density at radius 2 is 1.81 bits per heavy atom. The van der Waals surface area contributed by atoms with E-state index in [1.165, 1.54) is 42.4 Å². The van der Waals surface area contributed by atoms with Crippen LogP contribution in [0, 0.1) is 27.7 Å². The number of pyridine rings is 1. The van der Waals surface area contributed by atoms with E-state index in [4.69, 9.17) is 10.1 Å². The fourth-order valence-corrected chi connectivity index (χ4v) is 4.76. The lowest BCUT2D eigenvalue weighted by atomic mass is 9.97. The molecule has 2 aromatic heterocycles. The minimum atomic E-state index is 0.118. The van der Waals surface area contributed by atoms with E-state index in [1.54, 1.807) is 0 Å². The van der Waals surface area contributed by atoms with Crippen LogP contribution in [0.25, 0.3) is 16.7 Å². The molecule has 5 heteroatoms. The van der Waals surface area contributed by atoms with Gasteiger partial charge >= 0.3 is 0 Å². The minimum Gasteiger partial charge on any atom is -0.356 e. The maximum Gasteiger partial charge on any atom is 0.220 e. The average molecular weight is 431 g/mol. The Morgan fingerprint density at radius 1 is 1.03 bits per heavy atom. The molecule has 1 amide bonds. The third-order valence-electron chi connectivity index (χ3n) is 6.61. The van der Waals surface area contributed by atoms with E-state index < -0.39 is 0 Å². The molecule has 3 aromatic rings. The summed E-state index contributed by atoms with van der Waals surface area (Å²) in [5.41, 5.74) is 8.91. The van der Waals surface area contributed by atoms with Gasteiger partial charge in [0.1, 0.15) is 0 Å². The Balaban J connectivity index is 1.47. The van der Waals surface area contributed by atoms with Crippen molar-refractivity contribution < 1.29 is 4.79 Å². The highest BCUT2D eigenvalue weighted by molar-refractivity contribution is 5.85. The fourth-order valence-electron chi connectivity index (χ4n) is 4.76. The number of rotatable bonds is 7. The van der Waals surface area contributed by atoms with Crippen molar-refractivity contribution in [2.24, 2.45) is 0 Å². The summed E-state index contributed by atoms with van der Waals surface area (Å²) in [5.74, 6) is 0.118. The van der Waals surface area contributed by atoms with Crippen LogP contribution in [0.15, 0.2) is 35.9 Å². The van der Waals surface area contributed by atoms with Crippen LogP contribution in [0.5, 0.6) is 0 Å². The van der Waals surface area contributed by atoms with Gasteiger partial charge < -0.3 is 5.32 Å². The molecule has 1 aliphatic rings. The lowest BCUT2D eigenvalue weighted by Gasteiger charge is -2.14. The van der Waals surface area contributed by atoms with Crippen LogP contribution in [0.3, 0.4) is 0 Å². The molecule has 2 heterocycles. The average Bonchev–Trinajstić information content (AvgIpc) is 3.11. The first-order chi connectivity index (χ1) is 15.4. The SMILES string of the molecule is Cc1ccc(-n2nc(C)c3c(C)c(CCC(=O)NCCC4=CCCCC4)c(C)nc32)cc1. The van der Waals surface area contributed by atoms with E-state index in [2.05, 4.69) is 49.5 Å². The molecule has 1 N–H and O–H groups in total. The van der Waals surface area contributed by atoms with Gasteiger partial charge in [-0.1, -0.05) is 29.3 Å². The van der Waals surface area contributed by atoms with E-state index in [-0.39, 0.29) is 5.91 Å². The molecule has 0 atom stereocenters. The second kappa shape index (κ2) is 9.68. The first-order valence-corrected chi connectivity index (χ1v) is 11.8. The zero-order chi connectivity index (χ0) is 22.7. The molecule has 168 valence electrons. The Labute approximate surface area is 190 Å². The van der Waals surface area contributed by atoms with Crippen LogP contribution >= 0.6 is 0 Å². The molecule has 0 aliphatic heterocycles. The zero-order valence-corrected chi connectivity index (χ0v) is 19.8. The number of hydrogen-bond donors (Lipinski definition) is 1. The molecular formula is C27H34N4O. The van der Waals surface area contributed by atoms with Gasteiger partial charge in [-0.15, -0.1) is 0 Å². The highest BCUT2D eigenvalue weighted by Crippen LogP contribution is 2.28. The molecule has 32 heavy (non-hydrogen) atoms. The molecule has 0 saturated heterocycles. The lowest BCUT2D eigenvalue weighted by molar-refractivity contribution is -0.121. The fraction of sp³-hybridized carbons (Fsp3) is 0.444. The van der Waals surface area contributed by atoms with Crippen molar-refractivity contribution in [3.8, 4) is 5.69 Å². The van der Waals surface area contributed by atoms with Crippen molar-refractivity contribution in [3.63, 3.8) is 0 Å². The molecule has 0 bridgehead atoms. The normalized spacial score (nSPS) is 13.9. The molecule has 1 aliphatic carbocycles. The van der Waals surface area contributed by atoms with Crippen LogP contribution < -0.4 is 5.32 Å². The van der Waals surface area contributed by atoms with E-state index in [9.17, 15) is 4.79 Å². The number of hydrogen-bond acceptors (Lipinski definition) is 3. The van der Waals surface area contributed by atoms with Crippen LogP contribution in [0.4, 0.5) is 0 Å². The van der Waals surface area contributed by atoms with Gasteiger partial charge in [0.25, 0.3) is 0 Å². The Hall–Kier alpha value is -2.95. The van der Waals surface area contributed by atoms with E-state index >= 15 is 0 Å². The van der Waals surface area contributed by atoms with Gasteiger partial charge in [0.2, 0.25) is 5.91 Å². The number of carbonyl (C=O) groups is 1. The number of amides is 1. The molecule has 0 radical (unpaired) electrons. The van der Waals surface area contributed by atoms with Crippen molar-refractivity contribution >= 4 is 16.9 Å². The smallest absolute Gasteiger partial charge is 0.220 e. The van der Waals surface area contributed by atoms with Crippen molar-refractivity contribution in [3.05, 3.63) is 64.0 Å². The van der Waals surface area contributed by atoms with Crippen molar-refractivity contribution in [1.82, 2.24) is 20.1 Å². The largest absolute Gasteiger partial charge is 0.356 e. The Bertz CT molecular complexity index is 1150. The van der Waals surface area contributed by atoms with Crippen molar-refractivity contribution in [2.45, 2.75) is 72.6 Å². The first kappa shape index (κ1) is 22.3. The van der Waals surface area contributed by atoms with Crippen LogP contribution in [-0.2, 0) is 11.2 Å². The number of benzene rings is 1. The maximum atomic E-state index is 12.5. The highest BCUT2D eigenvalue weighted by atomic mass is 16.1. The second-order valence-electron chi connectivity index (χ2n) is 9.04. The van der Waals surface area contributed by atoms with Gasteiger partial charge in [0.15, 0.2) is 5.65 Å². The summed E-state index contributed by atoms with van der Waals surface area (Å²) in [4.78, 5) is 17.4. The standard InChI is InChI=1S/C27H34N4O/c1-18-10-12-23(13-11-18)31-27-26(21(4)30-31)19(2)24(20(3)29-27)14-15-25(32)28-17-16-22-8-6-5-7-9-22/h8,10-13H,5-7,9,14-17H2,1-4H3,(H,28,32). The van der Waals surface area contributed by atoms with Crippen LogP contribution in [-0.4, -0.2) is 27.2 Å². The zero-order valence-electron chi connectivity index (χ0n) is 19.8. The summed E-state index contributed by atoms with van der Waals surface area (Å²) in [6.45, 7) is 9.03. The predicted octanol–water partition coefficient (Wildman–Crippen LogP) is 5.59. The Morgan fingerprint density at radius 3 is 2.53 bits per heavy atom. The van der Waals surface area contributed by atoms with Gasteiger partial charge in [-0.3, -0.25) is 4.79 Å². The highest BCUT2D eigenvalue weighted by Gasteiger charge is 2.18. The number of carbonyl (C=O) groups excluding carboxylic acids is 1. The van der Waals surface area contributed by atoms with Gasteiger partial charge in [-0.25, -0.2) is 9.67 Å². The quantitative estimate of drug-likeness (QED) is 0.497. The molecule has 1 aromatic carbocycles. The molecule has 0 spiro atoms. The van der Waals surface area contributed by atoms with E-state index in [1.807, 2.05) is 18.5 Å². The summed E-state index contributed by atoms with van der Waals surface area (Å²) < 4.78 is 1.93. The summed E-state index contributed by atoms with van der Waals surface area (Å²) in [6.07, 6.45) is 9.48. The van der Waals surface area contributed by atoms with E-state index in [0.717, 1.165) is 46.6 Å². The van der Waals surface area contributed by atoms with Crippen LogP contribution in [0.1, 0.15) is 66.6 Å². The predicted molar refractivity (Wildman–Crippen MR) is 130 cm³/mol. The number of aryl methyl sites for hydroxylation is 4. The number of allylic oxidation sites excluding steroid dienone is 1. The third kappa shape index (κ3) is 4.77. The third-order valence-corrected chi connectivity index (χ3v) is 6.61. The second-order valence-corrected chi connectivity index (χ2v) is 9.04. The monoisotopic (exact) mass is 430 g/mol. The topological polar surface area (TPSA) is 59.8 Å². The summed E-state index contributed by atoms with van der Waals surface area (Å²) in [5, 5.41) is 8.98. The van der Waals surface area contributed by atoms with Crippen LogP contribution in [0.2, 0.25) is 0 Å². The summed E-state index contributed by atoms with van der Waals surface area (Å²) in [7, 11) is 0. The van der Waals surface area contributed by atoms with E-state index in [0.29, 0.717) is 12.8 Å².